The summed E-state index contributed by atoms with van der Waals surface area (Å²) >= 11 is 5.97. The van der Waals surface area contributed by atoms with Crippen LogP contribution in [-0.2, 0) is 19.1 Å². The van der Waals surface area contributed by atoms with Gasteiger partial charge in [-0.1, -0.05) is 43.0 Å². The minimum atomic E-state index is -1.19. The Balaban J connectivity index is 1.79. The highest BCUT2D eigenvalue weighted by atomic mass is 35.5. The van der Waals surface area contributed by atoms with E-state index in [-0.39, 0.29) is 17.7 Å². The third-order valence-electron chi connectivity index (χ3n) is 6.75. The van der Waals surface area contributed by atoms with Gasteiger partial charge in [0.25, 0.3) is 0 Å². The molecule has 2 fully saturated rings. The molecular formula is C24H34ClN3O4. The van der Waals surface area contributed by atoms with Gasteiger partial charge in [-0.25, -0.2) is 0 Å². The molecule has 0 aromatic heterocycles. The number of halogens is 1. The van der Waals surface area contributed by atoms with Crippen LogP contribution in [0.4, 0.5) is 0 Å². The van der Waals surface area contributed by atoms with Crippen molar-refractivity contribution in [2.45, 2.75) is 64.5 Å². The van der Waals surface area contributed by atoms with Gasteiger partial charge in [0.2, 0.25) is 11.8 Å². The zero-order valence-electron chi connectivity index (χ0n) is 19.1. The first-order chi connectivity index (χ1) is 14.9. The lowest BCUT2D eigenvalue weighted by molar-refractivity contribution is -0.170. The van der Waals surface area contributed by atoms with Gasteiger partial charge >= 0.3 is 5.97 Å². The molecule has 7 nitrogen and oxygen atoms in total. The molecule has 1 aromatic carbocycles. The summed E-state index contributed by atoms with van der Waals surface area (Å²) in [7, 11) is 0. The van der Waals surface area contributed by atoms with Crippen LogP contribution >= 0.6 is 11.6 Å². The summed E-state index contributed by atoms with van der Waals surface area (Å²) in [5.41, 5.74) is 11.5. The van der Waals surface area contributed by atoms with Crippen LogP contribution in [0.5, 0.6) is 0 Å². The van der Waals surface area contributed by atoms with Crippen LogP contribution in [0.1, 0.15) is 64.5 Å². The van der Waals surface area contributed by atoms with E-state index < -0.39 is 28.9 Å². The van der Waals surface area contributed by atoms with Crippen LogP contribution < -0.4 is 11.5 Å². The minimum Gasteiger partial charge on any atom is -0.459 e. The Hall–Kier alpha value is -2.12. The molecule has 0 radical (unpaired) electrons. The number of hydrogen-bond acceptors (Lipinski definition) is 5. The van der Waals surface area contributed by atoms with Gasteiger partial charge in [0, 0.05) is 24.0 Å². The van der Waals surface area contributed by atoms with Gasteiger partial charge in [0.05, 0.1) is 11.5 Å². The molecule has 0 bridgehead atoms. The molecule has 4 N–H and O–H groups in total. The van der Waals surface area contributed by atoms with Crippen molar-refractivity contribution in [1.82, 2.24) is 4.90 Å². The highest BCUT2D eigenvalue weighted by Crippen LogP contribution is 2.46. The Morgan fingerprint density at radius 3 is 2.16 bits per heavy atom. The van der Waals surface area contributed by atoms with E-state index in [1.54, 1.807) is 49.9 Å². The van der Waals surface area contributed by atoms with Crippen LogP contribution in [0.2, 0.25) is 5.02 Å². The van der Waals surface area contributed by atoms with Crippen LogP contribution in [0.15, 0.2) is 24.3 Å². The van der Waals surface area contributed by atoms with Crippen molar-refractivity contribution >= 4 is 29.4 Å². The lowest BCUT2D eigenvalue weighted by Crippen LogP contribution is -2.62. The number of carbonyl (C=O) groups is 3. The Bertz CT molecular complexity index is 853. The maximum atomic E-state index is 13.4. The summed E-state index contributed by atoms with van der Waals surface area (Å²) in [4.78, 5) is 40.4. The van der Waals surface area contributed by atoms with Crippen molar-refractivity contribution in [3.63, 3.8) is 0 Å². The quantitative estimate of drug-likeness (QED) is 0.496. The zero-order valence-corrected chi connectivity index (χ0v) is 19.9. The molecule has 1 heterocycles. The zero-order chi connectivity index (χ0) is 23.7. The standard InChI is InChI=1S/C24H34ClN3O4/c1-23(2,3)32-21(30)18(19(26)15-7-9-17(25)10-8-15)20(29)28-13-16(14-28)24(22(27)31)11-5-4-6-12-24/h7-10,16,18-19H,4-6,11-14,26H2,1-3H3,(H2,27,31). The van der Waals surface area contributed by atoms with Gasteiger partial charge in [0.15, 0.2) is 5.92 Å². The highest BCUT2D eigenvalue weighted by molar-refractivity contribution is 6.30. The fourth-order valence-corrected chi connectivity index (χ4v) is 5.01. The van der Waals surface area contributed by atoms with E-state index in [4.69, 9.17) is 27.8 Å². The largest absolute Gasteiger partial charge is 0.459 e. The van der Waals surface area contributed by atoms with E-state index in [0.717, 1.165) is 32.1 Å². The first kappa shape index (κ1) is 24.5. The predicted molar refractivity (Wildman–Crippen MR) is 122 cm³/mol. The number of nitrogens with zero attached hydrogens (tertiary/aromatic N) is 1. The predicted octanol–water partition coefficient (Wildman–Crippen LogP) is 3.19. The van der Waals surface area contributed by atoms with Gasteiger partial charge in [-0.3, -0.25) is 14.4 Å². The summed E-state index contributed by atoms with van der Waals surface area (Å²) < 4.78 is 5.54. The van der Waals surface area contributed by atoms with Crippen molar-refractivity contribution in [3.05, 3.63) is 34.9 Å². The first-order valence-corrected chi connectivity index (χ1v) is 11.6. The number of amides is 2. The highest BCUT2D eigenvalue weighted by Gasteiger charge is 2.52. The molecule has 8 heteroatoms. The van der Waals surface area contributed by atoms with E-state index in [2.05, 4.69) is 0 Å². The molecule has 1 aromatic rings. The number of ether oxygens (including phenoxy) is 1. The summed E-state index contributed by atoms with van der Waals surface area (Å²) in [6.45, 7) is 6.04. The van der Waals surface area contributed by atoms with Crippen LogP contribution in [0.25, 0.3) is 0 Å². The van der Waals surface area contributed by atoms with Crippen molar-refractivity contribution in [2.75, 3.05) is 13.1 Å². The topological polar surface area (TPSA) is 116 Å². The molecule has 0 spiro atoms. The smallest absolute Gasteiger partial charge is 0.320 e. The van der Waals surface area contributed by atoms with E-state index in [1.165, 1.54) is 0 Å². The summed E-state index contributed by atoms with van der Waals surface area (Å²) in [5, 5.41) is 0.538. The maximum Gasteiger partial charge on any atom is 0.320 e. The molecule has 176 valence electrons. The molecule has 1 saturated carbocycles. The number of likely N-dealkylation sites (tertiary alicyclic amines) is 1. The Morgan fingerprint density at radius 1 is 1.09 bits per heavy atom. The van der Waals surface area contributed by atoms with Gasteiger partial charge in [-0.2, -0.15) is 0 Å². The summed E-state index contributed by atoms with van der Waals surface area (Å²) in [6, 6.07) is 5.88. The van der Waals surface area contributed by atoms with E-state index in [9.17, 15) is 14.4 Å². The average molecular weight is 464 g/mol. The molecule has 1 saturated heterocycles. The van der Waals surface area contributed by atoms with E-state index in [1.807, 2.05) is 0 Å². The molecule has 2 aliphatic rings. The third-order valence-corrected chi connectivity index (χ3v) is 7.00. The normalized spacial score (nSPS) is 20.7. The molecule has 2 atom stereocenters. The van der Waals surface area contributed by atoms with Crippen molar-refractivity contribution < 1.29 is 19.1 Å². The second-order valence-electron chi connectivity index (χ2n) is 10.1. The van der Waals surface area contributed by atoms with Crippen molar-refractivity contribution in [1.29, 1.82) is 0 Å². The number of esters is 1. The molecule has 1 aliphatic carbocycles. The van der Waals surface area contributed by atoms with Gasteiger partial charge in [-0.05, 0) is 51.3 Å². The molecule has 2 amide bonds. The molecular weight excluding hydrogens is 430 g/mol. The molecule has 1 aliphatic heterocycles. The van der Waals surface area contributed by atoms with Gasteiger partial charge in [-0.15, -0.1) is 0 Å². The fourth-order valence-electron chi connectivity index (χ4n) is 4.89. The van der Waals surface area contributed by atoms with Gasteiger partial charge < -0.3 is 21.1 Å². The molecule has 3 rings (SSSR count). The Kier molecular flexibility index (Phi) is 7.20. The second-order valence-corrected chi connectivity index (χ2v) is 10.5. The summed E-state index contributed by atoms with van der Waals surface area (Å²) in [5.74, 6) is -2.50. The van der Waals surface area contributed by atoms with Crippen molar-refractivity contribution in [2.24, 2.45) is 28.7 Å². The summed E-state index contributed by atoms with van der Waals surface area (Å²) in [6.07, 6.45) is 4.55. The number of benzene rings is 1. The lowest BCUT2D eigenvalue weighted by Gasteiger charge is -2.51. The van der Waals surface area contributed by atoms with Crippen LogP contribution in [0, 0.1) is 17.3 Å². The molecule has 32 heavy (non-hydrogen) atoms. The first-order valence-electron chi connectivity index (χ1n) is 11.3. The second kappa shape index (κ2) is 9.40. The Labute approximate surface area is 194 Å². The fraction of sp³-hybridized carbons (Fsp3) is 0.625. The van der Waals surface area contributed by atoms with E-state index in [0.29, 0.717) is 23.7 Å². The third kappa shape index (κ3) is 5.09. The number of hydrogen-bond donors (Lipinski definition) is 2. The van der Waals surface area contributed by atoms with Crippen molar-refractivity contribution in [3.8, 4) is 0 Å². The lowest BCUT2D eigenvalue weighted by atomic mass is 9.62. The number of rotatable bonds is 6. The van der Waals surface area contributed by atoms with Gasteiger partial charge in [0.1, 0.15) is 5.60 Å². The average Bonchev–Trinajstić information content (AvgIpc) is 2.66. The van der Waals surface area contributed by atoms with E-state index >= 15 is 0 Å². The number of carbonyl (C=O) groups excluding carboxylic acids is 3. The number of nitrogens with two attached hydrogens (primary N) is 2. The minimum absolute atomic E-state index is 0.00953. The number of primary amides is 1. The molecule has 2 unspecified atom stereocenters. The van der Waals surface area contributed by atoms with Crippen LogP contribution in [-0.4, -0.2) is 41.4 Å². The monoisotopic (exact) mass is 463 g/mol. The Morgan fingerprint density at radius 2 is 1.66 bits per heavy atom. The van der Waals surface area contributed by atoms with Crippen LogP contribution in [0.3, 0.4) is 0 Å². The maximum absolute atomic E-state index is 13.4. The SMILES string of the molecule is CC(C)(C)OC(=O)C(C(=O)N1CC(C2(C(N)=O)CCCCC2)C1)C(N)c1ccc(Cl)cc1.